The highest BCUT2D eigenvalue weighted by molar-refractivity contribution is 5.90. The third-order valence-electron chi connectivity index (χ3n) is 3.42. The zero-order valence-electron chi connectivity index (χ0n) is 13.7. The van der Waals surface area contributed by atoms with Crippen LogP contribution in [0.3, 0.4) is 0 Å². The lowest BCUT2D eigenvalue weighted by Gasteiger charge is -2.22. The van der Waals surface area contributed by atoms with Crippen LogP contribution in [-0.4, -0.2) is 38.2 Å². The van der Waals surface area contributed by atoms with Gasteiger partial charge < -0.3 is 19.7 Å². The lowest BCUT2D eigenvalue weighted by molar-refractivity contribution is 0.213. The molecule has 0 aliphatic rings. The first kappa shape index (κ1) is 17.1. The van der Waals surface area contributed by atoms with E-state index in [9.17, 15) is 4.79 Å². The largest absolute Gasteiger partial charge is 0.493 e. The molecule has 5 nitrogen and oxygen atoms in total. The number of anilines is 1. The Kier molecular flexibility index (Phi) is 6.85. The molecule has 1 aromatic carbocycles. The van der Waals surface area contributed by atoms with Crippen LogP contribution in [0.25, 0.3) is 0 Å². The van der Waals surface area contributed by atoms with Crippen LogP contribution in [0.2, 0.25) is 0 Å². The number of amides is 2. The molecule has 0 unspecified atom stereocenters. The Balaban J connectivity index is 2.88. The minimum Gasteiger partial charge on any atom is -0.493 e. The molecule has 0 bridgehead atoms. The van der Waals surface area contributed by atoms with Crippen LogP contribution in [0.15, 0.2) is 12.1 Å². The van der Waals surface area contributed by atoms with Gasteiger partial charge in [0.25, 0.3) is 0 Å². The van der Waals surface area contributed by atoms with Gasteiger partial charge in [-0.15, -0.1) is 0 Å². The lowest BCUT2D eigenvalue weighted by atomic mass is 10.1. The van der Waals surface area contributed by atoms with Gasteiger partial charge in [-0.25, -0.2) is 4.79 Å². The molecule has 21 heavy (non-hydrogen) atoms. The van der Waals surface area contributed by atoms with E-state index in [0.717, 1.165) is 30.6 Å². The molecule has 0 aliphatic carbocycles. The molecule has 1 rings (SSSR count). The number of nitrogens with zero attached hydrogens (tertiary/aromatic N) is 1. The van der Waals surface area contributed by atoms with E-state index in [1.165, 1.54) is 0 Å². The van der Waals surface area contributed by atoms with Gasteiger partial charge in [0.15, 0.2) is 11.5 Å². The first-order valence-electron chi connectivity index (χ1n) is 7.35. The van der Waals surface area contributed by atoms with Gasteiger partial charge in [0, 0.05) is 24.8 Å². The van der Waals surface area contributed by atoms with Gasteiger partial charge >= 0.3 is 6.03 Å². The number of rotatable bonds is 7. The van der Waals surface area contributed by atoms with Crippen LogP contribution < -0.4 is 14.8 Å². The molecular weight excluding hydrogens is 268 g/mol. The summed E-state index contributed by atoms with van der Waals surface area (Å²) in [7, 11) is 3.18. The van der Waals surface area contributed by atoms with E-state index >= 15 is 0 Å². The van der Waals surface area contributed by atoms with E-state index < -0.39 is 0 Å². The van der Waals surface area contributed by atoms with Crippen LogP contribution >= 0.6 is 0 Å². The predicted octanol–water partition coefficient (Wildman–Crippen LogP) is 3.67. The Labute approximate surface area is 127 Å². The van der Waals surface area contributed by atoms with Gasteiger partial charge in [-0.2, -0.15) is 0 Å². The number of ether oxygens (including phenoxy) is 2. The first-order valence-corrected chi connectivity index (χ1v) is 7.35. The molecule has 0 saturated heterocycles. The van der Waals surface area contributed by atoms with Crippen molar-refractivity contribution in [3.05, 3.63) is 17.7 Å². The maximum absolute atomic E-state index is 12.3. The number of methoxy groups -OCH3 is 2. The zero-order valence-corrected chi connectivity index (χ0v) is 13.7. The molecule has 0 atom stereocenters. The van der Waals surface area contributed by atoms with Crippen molar-refractivity contribution in [3.8, 4) is 11.5 Å². The van der Waals surface area contributed by atoms with E-state index in [1.807, 2.05) is 19.9 Å². The zero-order chi connectivity index (χ0) is 15.8. The van der Waals surface area contributed by atoms with Gasteiger partial charge in [-0.1, -0.05) is 13.3 Å². The smallest absolute Gasteiger partial charge is 0.321 e. The molecule has 0 fully saturated rings. The predicted molar refractivity (Wildman–Crippen MR) is 85.5 cm³/mol. The van der Waals surface area contributed by atoms with Crippen LogP contribution in [0.5, 0.6) is 11.5 Å². The third kappa shape index (κ3) is 4.55. The number of unbranched alkanes of at least 4 members (excludes halogenated alkanes) is 1. The van der Waals surface area contributed by atoms with Gasteiger partial charge in [0.2, 0.25) is 0 Å². The Morgan fingerprint density at radius 2 is 1.81 bits per heavy atom. The van der Waals surface area contributed by atoms with Crippen molar-refractivity contribution in [3.63, 3.8) is 0 Å². The highest BCUT2D eigenvalue weighted by Crippen LogP contribution is 2.32. The molecule has 1 aromatic rings. The fourth-order valence-electron chi connectivity index (χ4n) is 2.06. The van der Waals surface area contributed by atoms with Crippen LogP contribution in [0, 0.1) is 6.92 Å². The average Bonchev–Trinajstić information content (AvgIpc) is 2.49. The molecule has 0 spiro atoms. The molecule has 5 heteroatoms. The number of hydrogen-bond acceptors (Lipinski definition) is 3. The minimum atomic E-state index is -0.0822. The maximum atomic E-state index is 12.3. The summed E-state index contributed by atoms with van der Waals surface area (Å²) in [6.07, 6.45) is 2.07. The normalized spacial score (nSPS) is 10.1. The molecule has 0 heterocycles. The molecule has 2 amide bonds. The lowest BCUT2D eigenvalue weighted by Crippen LogP contribution is -2.35. The van der Waals surface area contributed by atoms with Gasteiger partial charge in [-0.05, 0) is 31.9 Å². The van der Waals surface area contributed by atoms with E-state index in [0.29, 0.717) is 18.0 Å². The monoisotopic (exact) mass is 294 g/mol. The third-order valence-corrected chi connectivity index (χ3v) is 3.42. The summed E-state index contributed by atoms with van der Waals surface area (Å²) in [6, 6.07) is 3.57. The summed E-state index contributed by atoms with van der Waals surface area (Å²) in [5.74, 6) is 1.27. The average molecular weight is 294 g/mol. The topological polar surface area (TPSA) is 50.8 Å². The van der Waals surface area contributed by atoms with Crippen molar-refractivity contribution >= 4 is 11.7 Å². The first-order chi connectivity index (χ1) is 10.1. The number of carbonyl (C=O) groups excluding carboxylic acids is 1. The Hall–Kier alpha value is -1.91. The van der Waals surface area contributed by atoms with E-state index in [-0.39, 0.29) is 6.03 Å². The summed E-state index contributed by atoms with van der Waals surface area (Å²) in [5.41, 5.74) is 1.68. The Morgan fingerprint density at radius 1 is 1.19 bits per heavy atom. The number of carbonyl (C=O) groups is 1. The summed E-state index contributed by atoms with van der Waals surface area (Å²) in [5, 5.41) is 2.95. The second kappa shape index (κ2) is 8.39. The summed E-state index contributed by atoms with van der Waals surface area (Å²) < 4.78 is 10.5. The molecular formula is C16H26N2O3. The van der Waals surface area contributed by atoms with E-state index in [1.54, 1.807) is 25.2 Å². The number of urea groups is 1. The van der Waals surface area contributed by atoms with Crippen molar-refractivity contribution in [2.45, 2.75) is 33.6 Å². The quantitative estimate of drug-likeness (QED) is 0.835. The van der Waals surface area contributed by atoms with Crippen molar-refractivity contribution in [2.75, 3.05) is 32.6 Å². The molecule has 0 aliphatic heterocycles. The summed E-state index contributed by atoms with van der Waals surface area (Å²) in [6.45, 7) is 7.49. The Bertz CT molecular complexity index is 475. The number of benzene rings is 1. The number of nitrogens with one attached hydrogen (secondary N) is 1. The fraction of sp³-hybridized carbons (Fsp3) is 0.562. The van der Waals surface area contributed by atoms with E-state index in [4.69, 9.17) is 9.47 Å². The molecule has 0 radical (unpaired) electrons. The van der Waals surface area contributed by atoms with Crippen molar-refractivity contribution in [2.24, 2.45) is 0 Å². The Morgan fingerprint density at radius 3 is 2.33 bits per heavy atom. The van der Waals surface area contributed by atoms with Crippen molar-refractivity contribution in [1.29, 1.82) is 0 Å². The highest BCUT2D eigenvalue weighted by Gasteiger charge is 2.14. The standard InChI is InChI=1S/C16H26N2O3/c1-6-8-9-18(7-2)16(19)17-13-11-15(21-5)14(20-4)10-12(13)3/h10-11H,6-9H2,1-5H3,(H,17,19). The second-order valence-corrected chi connectivity index (χ2v) is 4.89. The summed E-state index contributed by atoms with van der Waals surface area (Å²) in [4.78, 5) is 14.1. The minimum absolute atomic E-state index is 0.0822. The fourth-order valence-corrected chi connectivity index (χ4v) is 2.06. The number of hydrogen-bond donors (Lipinski definition) is 1. The maximum Gasteiger partial charge on any atom is 0.321 e. The molecule has 118 valence electrons. The molecule has 0 saturated carbocycles. The summed E-state index contributed by atoms with van der Waals surface area (Å²) >= 11 is 0. The molecule has 0 aromatic heterocycles. The van der Waals surface area contributed by atoms with Crippen molar-refractivity contribution < 1.29 is 14.3 Å². The van der Waals surface area contributed by atoms with Crippen molar-refractivity contribution in [1.82, 2.24) is 4.90 Å². The van der Waals surface area contributed by atoms with Crippen LogP contribution in [0.4, 0.5) is 10.5 Å². The van der Waals surface area contributed by atoms with Gasteiger partial charge in [0.05, 0.1) is 14.2 Å². The van der Waals surface area contributed by atoms with Crippen LogP contribution in [0.1, 0.15) is 32.3 Å². The van der Waals surface area contributed by atoms with Crippen LogP contribution in [-0.2, 0) is 0 Å². The van der Waals surface area contributed by atoms with Gasteiger partial charge in [-0.3, -0.25) is 0 Å². The molecule has 1 N–H and O–H groups in total. The van der Waals surface area contributed by atoms with E-state index in [2.05, 4.69) is 12.2 Å². The SMILES string of the molecule is CCCCN(CC)C(=O)Nc1cc(OC)c(OC)cc1C. The van der Waals surface area contributed by atoms with Gasteiger partial charge in [0.1, 0.15) is 0 Å². The number of aryl methyl sites for hydroxylation is 1. The second-order valence-electron chi connectivity index (χ2n) is 4.89. The highest BCUT2D eigenvalue weighted by atomic mass is 16.5.